The predicted octanol–water partition coefficient (Wildman–Crippen LogP) is 3.46. The van der Waals surface area contributed by atoms with Crippen molar-refractivity contribution in [3.8, 4) is 5.75 Å². The molecule has 0 unspecified atom stereocenters. The fourth-order valence-corrected chi connectivity index (χ4v) is 1.72. The van der Waals surface area contributed by atoms with Crippen molar-refractivity contribution in [2.24, 2.45) is 0 Å². The minimum atomic E-state index is 0.580. The summed E-state index contributed by atoms with van der Waals surface area (Å²) in [7, 11) is 0. The first-order chi connectivity index (χ1) is 8.18. The molecule has 0 aliphatic rings. The average Bonchev–Trinajstić information content (AvgIpc) is 2.33. The molecule has 2 heteroatoms. The van der Waals surface area contributed by atoms with E-state index in [9.17, 15) is 0 Å². The van der Waals surface area contributed by atoms with E-state index in [1.54, 1.807) is 0 Å². The van der Waals surface area contributed by atoms with Gasteiger partial charge in [0.15, 0.2) is 0 Å². The van der Waals surface area contributed by atoms with Gasteiger partial charge in [0.2, 0.25) is 0 Å². The summed E-state index contributed by atoms with van der Waals surface area (Å²) in [6, 6.07) is 14.0. The van der Waals surface area contributed by atoms with Gasteiger partial charge in [0, 0.05) is 11.3 Å². The SMILES string of the molecule is Cc1ccccc1COc1cccc(N)c1C. The predicted molar refractivity (Wildman–Crippen MR) is 71.1 cm³/mol. The average molecular weight is 227 g/mol. The lowest BCUT2D eigenvalue weighted by atomic mass is 10.1. The summed E-state index contributed by atoms with van der Waals surface area (Å²) < 4.78 is 5.80. The van der Waals surface area contributed by atoms with E-state index in [1.165, 1.54) is 11.1 Å². The van der Waals surface area contributed by atoms with Crippen molar-refractivity contribution in [3.63, 3.8) is 0 Å². The minimum Gasteiger partial charge on any atom is -0.489 e. The summed E-state index contributed by atoms with van der Waals surface area (Å²) in [5.74, 6) is 0.855. The van der Waals surface area contributed by atoms with Gasteiger partial charge in [-0.2, -0.15) is 0 Å². The summed E-state index contributed by atoms with van der Waals surface area (Å²) in [6.45, 7) is 4.64. The third-order valence-corrected chi connectivity index (χ3v) is 2.97. The molecule has 0 fully saturated rings. The Morgan fingerprint density at radius 2 is 1.76 bits per heavy atom. The Hall–Kier alpha value is -1.96. The van der Waals surface area contributed by atoms with Crippen LogP contribution in [0.1, 0.15) is 16.7 Å². The van der Waals surface area contributed by atoms with Gasteiger partial charge in [0.25, 0.3) is 0 Å². The van der Waals surface area contributed by atoms with Crippen LogP contribution in [0.4, 0.5) is 5.69 Å². The summed E-state index contributed by atoms with van der Waals surface area (Å²) in [6.07, 6.45) is 0. The highest BCUT2D eigenvalue weighted by Crippen LogP contribution is 2.24. The van der Waals surface area contributed by atoms with Crippen molar-refractivity contribution in [2.45, 2.75) is 20.5 Å². The number of aryl methyl sites for hydroxylation is 1. The molecule has 0 spiro atoms. The molecular weight excluding hydrogens is 210 g/mol. The second-order valence-electron chi connectivity index (χ2n) is 4.19. The molecule has 0 heterocycles. The van der Waals surface area contributed by atoms with E-state index in [0.717, 1.165) is 17.0 Å². The highest BCUT2D eigenvalue weighted by molar-refractivity contribution is 5.53. The van der Waals surface area contributed by atoms with E-state index in [-0.39, 0.29) is 0 Å². The topological polar surface area (TPSA) is 35.2 Å². The van der Waals surface area contributed by atoms with Crippen molar-refractivity contribution in [1.29, 1.82) is 0 Å². The van der Waals surface area contributed by atoms with Crippen LogP contribution >= 0.6 is 0 Å². The minimum absolute atomic E-state index is 0.580. The quantitative estimate of drug-likeness (QED) is 0.815. The van der Waals surface area contributed by atoms with Crippen molar-refractivity contribution in [1.82, 2.24) is 0 Å². The van der Waals surface area contributed by atoms with Crippen LogP contribution in [0.15, 0.2) is 42.5 Å². The zero-order valence-electron chi connectivity index (χ0n) is 10.2. The number of nitrogens with two attached hydrogens (primary N) is 1. The second-order valence-corrected chi connectivity index (χ2v) is 4.19. The Bertz CT molecular complexity index is 520. The maximum absolute atomic E-state index is 5.84. The van der Waals surface area contributed by atoms with Crippen molar-refractivity contribution in [3.05, 3.63) is 59.2 Å². The van der Waals surface area contributed by atoms with Crippen LogP contribution in [-0.2, 0) is 6.61 Å². The van der Waals surface area contributed by atoms with E-state index >= 15 is 0 Å². The van der Waals surface area contributed by atoms with Gasteiger partial charge in [-0.3, -0.25) is 0 Å². The Kier molecular flexibility index (Phi) is 3.33. The summed E-state index contributed by atoms with van der Waals surface area (Å²) in [5, 5.41) is 0. The van der Waals surface area contributed by atoms with E-state index < -0.39 is 0 Å². The van der Waals surface area contributed by atoms with Crippen LogP contribution in [-0.4, -0.2) is 0 Å². The normalized spacial score (nSPS) is 10.2. The van der Waals surface area contributed by atoms with Gasteiger partial charge >= 0.3 is 0 Å². The Labute approximate surface area is 102 Å². The fourth-order valence-electron chi connectivity index (χ4n) is 1.72. The van der Waals surface area contributed by atoms with Gasteiger partial charge < -0.3 is 10.5 Å². The van der Waals surface area contributed by atoms with Crippen LogP contribution in [0, 0.1) is 13.8 Å². The molecular formula is C15H17NO. The van der Waals surface area contributed by atoms with E-state index in [1.807, 2.05) is 37.3 Å². The molecule has 2 aromatic carbocycles. The Balaban J connectivity index is 2.13. The first-order valence-electron chi connectivity index (χ1n) is 5.71. The molecule has 0 atom stereocenters. The third-order valence-electron chi connectivity index (χ3n) is 2.97. The number of ether oxygens (including phenoxy) is 1. The molecule has 0 radical (unpaired) electrons. The van der Waals surface area contributed by atoms with Gasteiger partial charge in [-0.1, -0.05) is 30.3 Å². The maximum Gasteiger partial charge on any atom is 0.124 e. The van der Waals surface area contributed by atoms with Gasteiger partial charge in [-0.25, -0.2) is 0 Å². The summed E-state index contributed by atoms with van der Waals surface area (Å²) >= 11 is 0. The third kappa shape index (κ3) is 2.59. The molecule has 0 bridgehead atoms. The standard InChI is InChI=1S/C15H17NO/c1-11-6-3-4-7-13(11)10-17-15-9-5-8-14(16)12(15)2/h3-9H,10,16H2,1-2H3. The van der Waals surface area contributed by atoms with E-state index in [2.05, 4.69) is 19.1 Å². The smallest absolute Gasteiger partial charge is 0.124 e. The highest BCUT2D eigenvalue weighted by Gasteiger charge is 2.03. The largest absolute Gasteiger partial charge is 0.489 e. The first-order valence-corrected chi connectivity index (χ1v) is 5.71. The monoisotopic (exact) mass is 227 g/mol. The molecule has 0 saturated heterocycles. The van der Waals surface area contributed by atoms with Crippen LogP contribution in [0.5, 0.6) is 5.75 Å². The molecule has 0 aliphatic carbocycles. The van der Waals surface area contributed by atoms with Gasteiger partial charge in [-0.15, -0.1) is 0 Å². The lowest BCUT2D eigenvalue weighted by Crippen LogP contribution is -2.00. The van der Waals surface area contributed by atoms with Crippen LogP contribution in [0.2, 0.25) is 0 Å². The molecule has 2 N–H and O–H groups in total. The number of hydrogen-bond donors (Lipinski definition) is 1. The van der Waals surface area contributed by atoms with Crippen molar-refractivity contribution in [2.75, 3.05) is 5.73 Å². The van der Waals surface area contributed by atoms with E-state index in [4.69, 9.17) is 10.5 Å². The zero-order valence-corrected chi connectivity index (χ0v) is 10.2. The molecule has 2 aromatic rings. The number of hydrogen-bond acceptors (Lipinski definition) is 2. The maximum atomic E-state index is 5.84. The molecule has 0 saturated carbocycles. The molecule has 0 amide bonds. The molecule has 88 valence electrons. The number of anilines is 1. The molecule has 2 nitrogen and oxygen atoms in total. The van der Waals surface area contributed by atoms with Crippen LogP contribution in [0.25, 0.3) is 0 Å². The van der Waals surface area contributed by atoms with Gasteiger partial charge in [0.05, 0.1) is 0 Å². The first kappa shape index (κ1) is 11.5. The van der Waals surface area contributed by atoms with Crippen LogP contribution in [0.3, 0.4) is 0 Å². The summed E-state index contributed by atoms with van der Waals surface area (Å²) in [4.78, 5) is 0. The number of nitrogen functional groups attached to an aromatic ring is 1. The molecule has 0 aliphatic heterocycles. The number of benzene rings is 2. The molecule has 2 rings (SSSR count). The molecule has 0 aromatic heterocycles. The zero-order chi connectivity index (χ0) is 12.3. The Morgan fingerprint density at radius 3 is 2.53 bits per heavy atom. The fraction of sp³-hybridized carbons (Fsp3) is 0.200. The van der Waals surface area contributed by atoms with Crippen molar-refractivity contribution >= 4 is 5.69 Å². The molecule has 17 heavy (non-hydrogen) atoms. The lowest BCUT2D eigenvalue weighted by Gasteiger charge is -2.11. The van der Waals surface area contributed by atoms with E-state index in [0.29, 0.717) is 6.61 Å². The Morgan fingerprint density at radius 1 is 1.00 bits per heavy atom. The number of rotatable bonds is 3. The second kappa shape index (κ2) is 4.91. The van der Waals surface area contributed by atoms with Crippen LogP contribution < -0.4 is 10.5 Å². The summed E-state index contributed by atoms with van der Waals surface area (Å²) in [5.41, 5.74) is 10.1. The van der Waals surface area contributed by atoms with Crippen molar-refractivity contribution < 1.29 is 4.74 Å². The lowest BCUT2D eigenvalue weighted by molar-refractivity contribution is 0.303. The van der Waals surface area contributed by atoms with Gasteiger partial charge in [0.1, 0.15) is 12.4 Å². The highest BCUT2D eigenvalue weighted by atomic mass is 16.5. The van der Waals surface area contributed by atoms with Gasteiger partial charge in [-0.05, 0) is 37.1 Å².